The number of aliphatic imine (C=N–C) groups is 1. The van der Waals surface area contributed by atoms with Crippen LogP contribution in [-0.4, -0.2) is 55.5 Å². The van der Waals surface area contributed by atoms with E-state index in [1.807, 2.05) is 0 Å². The molecule has 148 valence electrons. The van der Waals surface area contributed by atoms with Gasteiger partial charge in [0.25, 0.3) is 0 Å². The van der Waals surface area contributed by atoms with Gasteiger partial charge in [-0.3, -0.25) is 0 Å². The molecule has 5 N–H and O–H groups in total. The highest BCUT2D eigenvalue weighted by molar-refractivity contribution is 6.30. The van der Waals surface area contributed by atoms with Gasteiger partial charge in [0.15, 0.2) is 12.1 Å². The zero-order chi connectivity index (χ0) is 20.0. The summed E-state index contributed by atoms with van der Waals surface area (Å²) < 4.78 is 21.2. The maximum Gasteiger partial charge on any atom is 0.244 e. The molecule has 0 bridgehead atoms. The number of fused-ring (bicyclic) bond motifs is 1. The van der Waals surface area contributed by atoms with Crippen LogP contribution in [0.25, 0.3) is 0 Å². The Balaban J connectivity index is 1.65. The molecule has 5 atom stereocenters. The minimum atomic E-state index is -1.45. The zero-order valence-electron chi connectivity index (χ0n) is 14.4. The van der Waals surface area contributed by atoms with E-state index >= 15 is 0 Å². The van der Waals surface area contributed by atoms with Crippen molar-refractivity contribution in [3.63, 3.8) is 0 Å². The third-order valence-corrected chi connectivity index (χ3v) is 5.10. The summed E-state index contributed by atoms with van der Waals surface area (Å²) in [6, 6.07) is 6.33. The fraction of sp³-hybridized carbons (Fsp3) is 0.353. The maximum atomic E-state index is 14.4. The van der Waals surface area contributed by atoms with E-state index in [-0.39, 0.29) is 17.8 Å². The first-order chi connectivity index (χ1) is 13.4. The number of halogens is 2. The van der Waals surface area contributed by atoms with Gasteiger partial charge in [-0.25, -0.2) is 9.67 Å². The molecule has 1 saturated heterocycles. The predicted molar refractivity (Wildman–Crippen MR) is 97.4 cm³/mol. The highest BCUT2D eigenvalue weighted by Crippen LogP contribution is 2.37. The van der Waals surface area contributed by atoms with E-state index in [9.17, 15) is 19.7 Å². The van der Waals surface area contributed by atoms with Crippen molar-refractivity contribution in [2.75, 3.05) is 0 Å². The molecule has 11 heteroatoms. The van der Waals surface area contributed by atoms with Crippen molar-refractivity contribution in [2.24, 2.45) is 15.9 Å². The minimum Gasteiger partial charge on any atom is -0.387 e. The topological polar surface area (TPSA) is 138 Å². The summed E-state index contributed by atoms with van der Waals surface area (Å²) in [6.45, 7) is 0. The summed E-state index contributed by atoms with van der Waals surface area (Å²) in [5, 5.41) is 39.2. The van der Waals surface area contributed by atoms with Gasteiger partial charge >= 0.3 is 0 Å². The summed E-state index contributed by atoms with van der Waals surface area (Å²) in [5.74, 6) is 4.34. The van der Waals surface area contributed by atoms with E-state index in [2.05, 4.69) is 15.2 Å². The molecule has 1 fully saturated rings. The van der Waals surface area contributed by atoms with Crippen molar-refractivity contribution >= 4 is 23.7 Å². The van der Waals surface area contributed by atoms with Crippen LogP contribution in [0.3, 0.4) is 0 Å². The number of aliphatic hydroxyl groups is 3. The standard InChI is InChI=1S/C17H17ClFN5O4/c18-8-3-1-7(2-4-8)11(25)14-12(26)13(27)17(28-14)24-9-5-6-21-16(22-20)10(9)15(19)23-24/h1-4,6,11-14,17,25-27H,5,20H2/b22-16+/t11-,12+,13-,14-,17-/m1/s1. The number of nitrogens with zero attached hydrogens (tertiary/aromatic N) is 4. The van der Waals surface area contributed by atoms with Crippen molar-refractivity contribution in [2.45, 2.75) is 37.1 Å². The molecule has 0 saturated carbocycles. The van der Waals surface area contributed by atoms with Crippen molar-refractivity contribution in [3.8, 4) is 0 Å². The van der Waals surface area contributed by atoms with E-state index in [4.69, 9.17) is 22.2 Å². The van der Waals surface area contributed by atoms with Gasteiger partial charge in [-0.05, 0) is 17.7 Å². The van der Waals surface area contributed by atoms with Crippen LogP contribution in [-0.2, 0) is 11.2 Å². The lowest BCUT2D eigenvalue weighted by Crippen LogP contribution is -2.35. The van der Waals surface area contributed by atoms with Crippen LogP contribution in [0.5, 0.6) is 0 Å². The van der Waals surface area contributed by atoms with Gasteiger partial charge in [0.05, 0.1) is 11.3 Å². The SMILES string of the molecule is N/N=C1/N=CCc2c1c(F)nn2[C@@H]1O[C@H]([C@H](O)c2ccc(Cl)cc2)[C@@H](O)[C@H]1O. The molecule has 2 aliphatic rings. The summed E-state index contributed by atoms with van der Waals surface area (Å²) in [5.41, 5.74) is 0.797. The van der Waals surface area contributed by atoms with E-state index in [0.717, 1.165) is 4.68 Å². The van der Waals surface area contributed by atoms with Gasteiger partial charge in [-0.1, -0.05) is 23.7 Å². The fourth-order valence-electron chi connectivity index (χ4n) is 3.45. The van der Waals surface area contributed by atoms with Crippen LogP contribution in [0.15, 0.2) is 34.4 Å². The second-order valence-corrected chi connectivity index (χ2v) is 6.93. The van der Waals surface area contributed by atoms with Gasteiger partial charge in [-0.15, -0.1) is 5.10 Å². The average Bonchev–Trinajstić information content (AvgIpc) is 3.19. The summed E-state index contributed by atoms with van der Waals surface area (Å²) in [6.07, 6.45) is -4.83. The molecule has 2 aliphatic heterocycles. The molecule has 0 radical (unpaired) electrons. The quantitative estimate of drug-likeness (QED) is 0.424. The summed E-state index contributed by atoms with van der Waals surface area (Å²) >= 11 is 5.85. The maximum absolute atomic E-state index is 14.4. The highest BCUT2D eigenvalue weighted by atomic mass is 35.5. The van der Waals surface area contributed by atoms with E-state index in [1.54, 1.807) is 24.3 Å². The number of aliphatic hydroxyl groups excluding tert-OH is 3. The van der Waals surface area contributed by atoms with Crippen LogP contribution in [0.2, 0.25) is 5.02 Å². The largest absolute Gasteiger partial charge is 0.387 e. The normalized spacial score (nSPS) is 29.2. The van der Waals surface area contributed by atoms with Crippen LogP contribution in [0.1, 0.15) is 29.2 Å². The Bertz CT molecular complexity index is 948. The number of aromatic nitrogens is 2. The first kappa shape index (κ1) is 19.0. The second-order valence-electron chi connectivity index (χ2n) is 6.49. The molecular formula is C17H17ClFN5O4. The molecule has 4 rings (SSSR count). The lowest BCUT2D eigenvalue weighted by atomic mass is 9.99. The molecule has 3 heterocycles. The van der Waals surface area contributed by atoms with Crippen LogP contribution in [0.4, 0.5) is 4.39 Å². The zero-order valence-corrected chi connectivity index (χ0v) is 15.1. The number of benzene rings is 1. The molecule has 0 aliphatic carbocycles. The molecule has 0 amide bonds. The van der Waals surface area contributed by atoms with Crippen molar-refractivity contribution in [3.05, 3.63) is 52.1 Å². The molecule has 0 unspecified atom stereocenters. The Hall–Kier alpha value is -2.37. The first-order valence-corrected chi connectivity index (χ1v) is 8.83. The van der Waals surface area contributed by atoms with Gasteiger partial charge in [-0.2, -0.15) is 9.49 Å². The van der Waals surface area contributed by atoms with Crippen molar-refractivity contribution in [1.82, 2.24) is 9.78 Å². The predicted octanol–water partition coefficient (Wildman–Crippen LogP) is 0.276. The van der Waals surface area contributed by atoms with Gasteiger partial charge in [0.1, 0.15) is 24.4 Å². The number of hydrogen-bond donors (Lipinski definition) is 4. The lowest BCUT2D eigenvalue weighted by Gasteiger charge is -2.21. The van der Waals surface area contributed by atoms with Crippen molar-refractivity contribution in [1.29, 1.82) is 0 Å². The molecule has 1 aromatic carbocycles. The van der Waals surface area contributed by atoms with Crippen LogP contribution in [0, 0.1) is 5.95 Å². The fourth-order valence-corrected chi connectivity index (χ4v) is 3.57. The lowest BCUT2D eigenvalue weighted by molar-refractivity contribution is -0.0906. The Morgan fingerprint density at radius 2 is 2.00 bits per heavy atom. The van der Waals surface area contributed by atoms with Gasteiger partial charge in [0, 0.05) is 17.7 Å². The highest BCUT2D eigenvalue weighted by Gasteiger charge is 2.48. The number of rotatable bonds is 3. The number of nitrogens with two attached hydrogens (primary N) is 1. The van der Waals surface area contributed by atoms with Crippen LogP contribution < -0.4 is 5.84 Å². The van der Waals surface area contributed by atoms with Crippen molar-refractivity contribution < 1.29 is 24.4 Å². The Morgan fingerprint density at radius 3 is 2.68 bits per heavy atom. The van der Waals surface area contributed by atoms with Gasteiger partial charge in [0.2, 0.25) is 5.95 Å². The Kier molecular flexibility index (Phi) is 4.89. The summed E-state index contributed by atoms with van der Waals surface area (Å²) in [4.78, 5) is 3.92. The Morgan fingerprint density at radius 1 is 1.29 bits per heavy atom. The van der Waals surface area contributed by atoms with E-state index in [1.165, 1.54) is 6.21 Å². The molecule has 0 spiro atoms. The van der Waals surface area contributed by atoms with Crippen LogP contribution >= 0.6 is 11.6 Å². The Labute approximate surface area is 163 Å². The van der Waals surface area contributed by atoms with Gasteiger partial charge < -0.3 is 25.9 Å². The summed E-state index contributed by atoms with van der Waals surface area (Å²) in [7, 11) is 0. The molecule has 28 heavy (non-hydrogen) atoms. The second kappa shape index (κ2) is 7.22. The monoisotopic (exact) mass is 409 g/mol. The third-order valence-electron chi connectivity index (χ3n) is 4.85. The minimum absolute atomic E-state index is 0.0111. The molecule has 2 aromatic rings. The van der Waals surface area contributed by atoms with E-state index < -0.39 is 36.6 Å². The average molecular weight is 410 g/mol. The van der Waals surface area contributed by atoms with E-state index in [0.29, 0.717) is 16.3 Å². The third kappa shape index (κ3) is 2.99. The molecular weight excluding hydrogens is 393 g/mol. The number of hydrogen-bond acceptors (Lipinski definition) is 7. The number of ether oxygens (including phenoxy) is 1. The smallest absolute Gasteiger partial charge is 0.244 e. The number of hydrazone groups is 1. The first-order valence-electron chi connectivity index (χ1n) is 8.45. The molecule has 1 aromatic heterocycles. The molecule has 9 nitrogen and oxygen atoms in total. The number of amidine groups is 1.